The second-order valence-corrected chi connectivity index (χ2v) is 3.93. The number of morpholine rings is 1. The largest absolute Gasteiger partial charge is 0.465 e. The number of rotatable bonds is 2. The summed E-state index contributed by atoms with van der Waals surface area (Å²) in [5.74, 6) is 0.354. The third kappa shape index (κ3) is 2.98. The van der Waals surface area contributed by atoms with Gasteiger partial charge in [0.15, 0.2) is 6.23 Å². The highest BCUT2D eigenvalue weighted by atomic mass is 16.5. The number of amidine groups is 1. The molecule has 1 fully saturated rings. The third-order valence-corrected chi connectivity index (χ3v) is 2.67. The molecule has 0 bridgehead atoms. The molecule has 96 valence electrons. The van der Waals surface area contributed by atoms with Crippen LogP contribution in [0.4, 0.5) is 4.79 Å². The van der Waals surface area contributed by atoms with Crippen molar-refractivity contribution in [2.24, 2.45) is 10.7 Å². The van der Waals surface area contributed by atoms with Crippen LogP contribution in [-0.4, -0.2) is 47.9 Å². The Kier molecular flexibility index (Phi) is 3.78. The van der Waals surface area contributed by atoms with E-state index in [1.807, 2.05) is 30.3 Å². The molecule has 6 nitrogen and oxygen atoms in total. The minimum atomic E-state index is -0.961. The van der Waals surface area contributed by atoms with Crippen LogP contribution in [0.15, 0.2) is 35.3 Å². The molecule has 0 spiro atoms. The van der Waals surface area contributed by atoms with Crippen molar-refractivity contribution in [1.82, 2.24) is 4.90 Å². The molecule has 0 aliphatic carbocycles. The average Bonchev–Trinajstić information content (AvgIpc) is 2.40. The van der Waals surface area contributed by atoms with Crippen LogP contribution in [0.25, 0.3) is 0 Å². The van der Waals surface area contributed by atoms with Gasteiger partial charge in [-0.3, -0.25) is 0 Å². The van der Waals surface area contributed by atoms with Crippen molar-refractivity contribution in [3.63, 3.8) is 0 Å². The second-order valence-electron chi connectivity index (χ2n) is 3.93. The van der Waals surface area contributed by atoms with Gasteiger partial charge in [-0.1, -0.05) is 30.3 Å². The molecule has 1 aliphatic rings. The molecule has 0 radical (unpaired) electrons. The van der Waals surface area contributed by atoms with Gasteiger partial charge in [0.2, 0.25) is 0 Å². The molecule has 0 saturated carbocycles. The Bertz CT molecular complexity index is 447. The summed E-state index contributed by atoms with van der Waals surface area (Å²) in [7, 11) is 0. The maximum absolute atomic E-state index is 10.8. The SMILES string of the molecule is N/C(=N\C1CN(C(=O)O)CCO1)c1ccccc1. The molecule has 0 aromatic heterocycles. The van der Waals surface area contributed by atoms with E-state index in [0.717, 1.165) is 5.56 Å². The molecule has 1 atom stereocenters. The lowest BCUT2D eigenvalue weighted by Gasteiger charge is -2.28. The Morgan fingerprint density at radius 3 is 2.83 bits per heavy atom. The Morgan fingerprint density at radius 2 is 2.17 bits per heavy atom. The maximum atomic E-state index is 10.8. The number of benzene rings is 1. The molecule has 1 aromatic rings. The smallest absolute Gasteiger partial charge is 0.407 e. The summed E-state index contributed by atoms with van der Waals surface area (Å²) in [6.45, 7) is 0.915. The molecule has 1 amide bonds. The number of amides is 1. The molecule has 1 aromatic carbocycles. The van der Waals surface area contributed by atoms with Gasteiger partial charge in [-0.05, 0) is 0 Å². The molecule has 3 N–H and O–H groups in total. The molecule has 1 unspecified atom stereocenters. The van der Waals surface area contributed by atoms with Crippen LogP contribution in [0.3, 0.4) is 0 Å². The summed E-state index contributed by atoms with van der Waals surface area (Å²) in [6.07, 6.45) is -1.49. The van der Waals surface area contributed by atoms with E-state index in [2.05, 4.69) is 4.99 Å². The summed E-state index contributed by atoms with van der Waals surface area (Å²) < 4.78 is 5.38. The third-order valence-electron chi connectivity index (χ3n) is 2.67. The second kappa shape index (κ2) is 5.50. The summed E-state index contributed by atoms with van der Waals surface area (Å²) in [5.41, 5.74) is 6.65. The predicted molar refractivity (Wildman–Crippen MR) is 66.5 cm³/mol. The zero-order valence-electron chi connectivity index (χ0n) is 9.82. The fourth-order valence-corrected chi connectivity index (χ4v) is 1.72. The number of nitrogens with two attached hydrogens (primary N) is 1. The van der Waals surface area contributed by atoms with Gasteiger partial charge < -0.3 is 20.5 Å². The first-order valence-corrected chi connectivity index (χ1v) is 5.65. The van der Waals surface area contributed by atoms with Crippen LogP contribution in [0, 0.1) is 0 Å². The van der Waals surface area contributed by atoms with E-state index in [0.29, 0.717) is 19.0 Å². The van der Waals surface area contributed by atoms with Crippen LogP contribution in [-0.2, 0) is 4.74 Å². The first kappa shape index (κ1) is 12.4. The first-order chi connectivity index (χ1) is 8.66. The van der Waals surface area contributed by atoms with E-state index in [9.17, 15) is 4.79 Å². The topological polar surface area (TPSA) is 88.2 Å². The summed E-state index contributed by atoms with van der Waals surface area (Å²) in [6, 6.07) is 9.30. The van der Waals surface area contributed by atoms with Gasteiger partial charge in [-0.2, -0.15) is 0 Å². The fourth-order valence-electron chi connectivity index (χ4n) is 1.72. The Labute approximate surface area is 105 Å². The van der Waals surface area contributed by atoms with Crippen molar-refractivity contribution in [3.05, 3.63) is 35.9 Å². The average molecular weight is 249 g/mol. The summed E-state index contributed by atoms with van der Waals surface area (Å²) in [4.78, 5) is 16.3. The van der Waals surface area contributed by atoms with Gasteiger partial charge >= 0.3 is 6.09 Å². The fraction of sp³-hybridized carbons (Fsp3) is 0.333. The lowest BCUT2D eigenvalue weighted by molar-refractivity contribution is -0.0168. The van der Waals surface area contributed by atoms with Gasteiger partial charge in [0.25, 0.3) is 0 Å². The number of nitrogens with zero attached hydrogens (tertiary/aromatic N) is 2. The highest BCUT2D eigenvalue weighted by molar-refractivity contribution is 5.97. The number of hydrogen-bond donors (Lipinski definition) is 2. The number of hydrogen-bond acceptors (Lipinski definition) is 3. The molecule has 6 heteroatoms. The Hall–Kier alpha value is -2.08. The summed E-state index contributed by atoms with van der Waals surface area (Å²) >= 11 is 0. The maximum Gasteiger partial charge on any atom is 0.407 e. The monoisotopic (exact) mass is 249 g/mol. The Morgan fingerprint density at radius 1 is 1.44 bits per heavy atom. The number of aliphatic imine (C=N–C) groups is 1. The number of carbonyl (C=O) groups is 1. The van der Waals surface area contributed by atoms with E-state index in [1.165, 1.54) is 4.90 Å². The van der Waals surface area contributed by atoms with Crippen LogP contribution in [0.1, 0.15) is 5.56 Å². The highest BCUT2D eigenvalue weighted by Gasteiger charge is 2.23. The van der Waals surface area contributed by atoms with E-state index in [1.54, 1.807) is 0 Å². The van der Waals surface area contributed by atoms with Crippen LogP contribution < -0.4 is 5.73 Å². The molecule has 2 rings (SSSR count). The lowest BCUT2D eigenvalue weighted by atomic mass is 10.2. The van der Waals surface area contributed by atoms with E-state index in [4.69, 9.17) is 15.6 Å². The Balaban J connectivity index is 2.06. The van der Waals surface area contributed by atoms with Gasteiger partial charge in [0, 0.05) is 12.1 Å². The van der Waals surface area contributed by atoms with Gasteiger partial charge in [-0.15, -0.1) is 0 Å². The minimum Gasteiger partial charge on any atom is -0.465 e. The molecule has 1 saturated heterocycles. The van der Waals surface area contributed by atoms with Crippen LogP contribution in [0.5, 0.6) is 0 Å². The standard InChI is InChI=1S/C12H15N3O3/c13-11(9-4-2-1-3-5-9)14-10-8-15(12(16)17)6-7-18-10/h1-5,10H,6-8H2,(H2,13,14)(H,16,17). The van der Waals surface area contributed by atoms with Crippen molar-refractivity contribution in [2.45, 2.75) is 6.23 Å². The van der Waals surface area contributed by atoms with Gasteiger partial charge in [-0.25, -0.2) is 9.79 Å². The van der Waals surface area contributed by atoms with Gasteiger partial charge in [0.05, 0.1) is 13.2 Å². The lowest BCUT2D eigenvalue weighted by Crippen LogP contribution is -2.44. The molecule has 18 heavy (non-hydrogen) atoms. The quantitative estimate of drug-likeness (QED) is 0.597. The van der Waals surface area contributed by atoms with Crippen molar-refractivity contribution in [2.75, 3.05) is 19.7 Å². The van der Waals surface area contributed by atoms with Crippen LogP contribution >= 0.6 is 0 Å². The predicted octanol–water partition coefficient (Wildman–Crippen LogP) is 0.728. The minimum absolute atomic E-state index is 0.211. The van der Waals surface area contributed by atoms with Crippen molar-refractivity contribution in [3.8, 4) is 0 Å². The van der Waals surface area contributed by atoms with E-state index >= 15 is 0 Å². The van der Waals surface area contributed by atoms with Crippen LogP contribution in [0.2, 0.25) is 0 Å². The van der Waals surface area contributed by atoms with Crippen molar-refractivity contribution >= 4 is 11.9 Å². The number of ether oxygens (including phenoxy) is 1. The summed E-state index contributed by atoms with van der Waals surface area (Å²) in [5, 5.41) is 8.90. The zero-order chi connectivity index (χ0) is 13.0. The first-order valence-electron chi connectivity index (χ1n) is 5.65. The molecule has 1 heterocycles. The van der Waals surface area contributed by atoms with Crippen molar-refractivity contribution < 1.29 is 14.6 Å². The van der Waals surface area contributed by atoms with Crippen molar-refractivity contribution in [1.29, 1.82) is 0 Å². The molecular formula is C12H15N3O3. The number of carboxylic acid groups (broad SMARTS) is 1. The van der Waals surface area contributed by atoms with E-state index < -0.39 is 12.3 Å². The van der Waals surface area contributed by atoms with E-state index in [-0.39, 0.29) is 6.54 Å². The zero-order valence-corrected chi connectivity index (χ0v) is 9.82. The molecule has 1 aliphatic heterocycles. The highest BCUT2D eigenvalue weighted by Crippen LogP contribution is 2.08. The normalized spacial score (nSPS) is 20.8. The molecular weight excluding hydrogens is 234 g/mol. The van der Waals surface area contributed by atoms with Gasteiger partial charge in [0.1, 0.15) is 5.84 Å².